The SMILES string of the molecule is NS(=O)(=O)c1ccccc1-c1oc(CC(=O)NO)nc1-c1ccc(F)c(Cl)c1. The quantitative estimate of drug-likeness (QED) is 0.424. The van der Waals surface area contributed by atoms with Gasteiger partial charge in [0.25, 0.3) is 5.91 Å². The molecule has 0 saturated carbocycles. The van der Waals surface area contributed by atoms with Crippen molar-refractivity contribution in [3.63, 3.8) is 0 Å². The summed E-state index contributed by atoms with van der Waals surface area (Å²) in [7, 11) is -4.11. The molecular formula is C17H13ClFN3O5S. The van der Waals surface area contributed by atoms with Crippen molar-refractivity contribution in [1.82, 2.24) is 10.5 Å². The predicted octanol–water partition coefficient (Wildman–Crippen LogP) is 2.50. The highest BCUT2D eigenvalue weighted by Gasteiger charge is 2.24. The maximum Gasteiger partial charge on any atom is 0.252 e. The number of nitrogens with two attached hydrogens (primary N) is 1. The number of carbonyl (C=O) groups is 1. The van der Waals surface area contributed by atoms with Crippen LogP contribution < -0.4 is 10.6 Å². The number of halogens is 2. The van der Waals surface area contributed by atoms with Gasteiger partial charge >= 0.3 is 0 Å². The van der Waals surface area contributed by atoms with Crippen molar-refractivity contribution in [1.29, 1.82) is 0 Å². The lowest BCUT2D eigenvalue weighted by molar-refractivity contribution is -0.128. The molecular weight excluding hydrogens is 413 g/mol. The number of oxazole rings is 1. The summed E-state index contributed by atoms with van der Waals surface area (Å²) in [6, 6.07) is 9.55. The average Bonchev–Trinajstić information content (AvgIpc) is 3.06. The predicted molar refractivity (Wildman–Crippen MR) is 97.3 cm³/mol. The minimum atomic E-state index is -4.11. The summed E-state index contributed by atoms with van der Waals surface area (Å²) in [6.07, 6.45) is -0.421. The molecule has 4 N–H and O–H groups in total. The van der Waals surface area contributed by atoms with Crippen LogP contribution in [0.15, 0.2) is 51.8 Å². The zero-order valence-corrected chi connectivity index (χ0v) is 15.6. The second kappa shape index (κ2) is 7.68. The number of hydrogen-bond donors (Lipinski definition) is 3. The Morgan fingerprint density at radius 1 is 1.29 bits per heavy atom. The fraction of sp³-hybridized carbons (Fsp3) is 0.0588. The Hall–Kier alpha value is -2.79. The molecule has 8 nitrogen and oxygen atoms in total. The zero-order valence-electron chi connectivity index (χ0n) is 14.0. The Balaban J connectivity index is 2.25. The summed E-state index contributed by atoms with van der Waals surface area (Å²) in [5.41, 5.74) is 2.00. The largest absolute Gasteiger partial charge is 0.439 e. The number of hydrogen-bond acceptors (Lipinski definition) is 6. The van der Waals surface area contributed by atoms with Crippen LogP contribution in [0, 0.1) is 5.82 Å². The fourth-order valence-electron chi connectivity index (χ4n) is 2.54. The summed E-state index contributed by atoms with van der Waals surface area (Å²) < 4.78 is 43.0. The van der Waals surface area contributed by atoms with E-state index in [-0.39, 0.29) is 32.8 Å². The third-order valence-corrected chi connectivity index (χ3v) is 5.00. The Morgan fingerprint density at radius 3 is 2.64 bits per heavy atom. The molecule has 1 aromatic heterocycles. The Morgan fingerprint density at radius 2 is 2.00 bits per heavy atom. The molecule has 3 rings (SSSR count). The Bertz CT molecular complexity index is 1160. The molecule has 0 saturated heterocycles. The standard InChI is InChI=1S/C17H13ClFN3O5S/c18-11-7-9(5-6-12(11)19)16-17(27-15(21-16)8-14(23)22-24)10-3-1-2-4-13(10)28(20,25)26/h1-7,24H,8H2,(H,22,23)(H2,20,25,26). The maximum atomic E-state index is 13.5. The van der Waals surface area contributed by atoms with Crippen molar-refractivity contribution in [3.05, 3.63) is 59.2 Å². The number of primary sulfonamides is 1. The van der Waals surface area contributed by atoms with Gasteiger partial charge in [-0.2, -0.15) is 0 Å². The first-order chi connectivity index (χ1) is 13.2. The van der Waals surface area contributed by atoms with Crippen LogP contribution in [0.1, 0.15) is 5.89 Å². The molecule has 0 radical (unpaired) electrons. The monoisotopic (exact) mass is 425 g/mol. The fourth-order valence-corrected chi connectivity index (χ4v) is 3.46. The van der Waals surface area contributed by atoms with Crippen molar-refractivity contribution in [2.75, 3.05) is 0 Å². The first-order valence-corrected chi connectivity index (χ1v) is 9.63. The highest BCUT2D eigenvalue weighted by atomic mass is 35.5. The molecule has 0 aliphatic heterocycles. The average molecular weight is 426 g/mol. The van der Waals surface area contributed by atoms with Crippen molar-refractivity contribution in [2.24, 2.45) is 5.14 Å². The van der Waals surface area contributed by atoms with Gasteiger partial charge in [-0.1, -0.05) is 23.7 Å². The normalized spacial score (nSPS) is 11.4. The van der Waals surface area contributed by atoms with E-state index in [4.69, 9.17) is 26.4 Å². The van der Waals surface area contributed by atoms with E-state index < -0.39 is 28.2 Å². The van der Waals surface area contributed by atoms with Crippen LogP contribution in [0.2, 0.25) is 5.02 Å². The molecule has 0 bridgehead atoms. The van der Waals surface area contributed by atoms with E-state index >= 15 is 0 Å². The van der Waals surface area contributed by atoms with Gasteiger partial charge in [-0.3, -0.25) is 10.0 Å². The second-order valence-electron chi connectivity index (χ2n) is 5.67. The van der Waals surface area contributed by atoms with Gasteiger partial charge < -0.3 is 4.42 Å². The molecule has 1 heterocycles. The summed E-state index contributed by atoms with van der Waals surface area (Å²) in [5.74, 6) is -1.56. The van der Waals surface area contributed by atoms with E-state index in [1.54, 1.807) is 6.07 Å². The Labute approximate surface area is 163 Å². The van der Waals surface area contributed by atoms with Gasteiger partial charge in [-0.25, -0.2) is 28.4 Å². The highest BCUT2D eigenvalue weighted by Crippen LogP contribution is 2.37. The van der Waals surface area contributed by atoms with Crippen molar-refractivity contribution in [3.8, 4) is 22.6 Å². The minimum absolute atomic E-state index is 0.00644. The van der Waals surface area contributed by atoms with Crippen LogP contribution in [0.25, 0.3) is 22.6 Å². The molecule has 28 heavy (non-hydrogen) atoms. The number of carbonyl (C=O) groups excluding carboxylic acids is 1. The lowest BCUT2D eigenvalue weighted by Crippen LogP contribution is -2.20. The lowest BCUT2D eigenvalue weighted by Gasteiger charge is -2.07. The lowest BCUT2D eigenvalue weighted by atomic mass is 10.1. The number of aromatic nitrogens is 1. The van der Waals surface area contributed by atoms with Gasteiger partial charge in [-0.05, 0) is 30.3 Å². The zero-order chi connectivity index (χ0) is 20.5. The first-order valence-electron chi connectivity index (χ1n) is 7.71. The van der Waals surface area contributed by atoms with Crippen molar-refractivity contribution in [2.45, 2.75) is 11.3 Å². The molecule has 0 spiro atoms. The topological polar surface area (TPSA) is 136 Å². The highest BCUT2D eigenvalue weighted by molar-refractivity contribution is 7.89. The van der Waals surface area contributed by atoms with E-state index in [0.29, 0.717) is 5.56 Å². The van der Waals surface area contributed by atoms with Gasteiger partial charge in [-0.15, -0.1) is 0 Å². The number of sulfonamides is 1. The van der Waals surface area contributed by atoms with Gasteiger partial charge in [0.15, 0.2) is 5.76 Å². The molecule has 0 unspecified atom stereocenters. The van der Waals surface area contributed by atoms with E-state index in [9.17, 15) is 17.6 Å². The van der Waals surface area contributed by atoms with Crippen LogP contribution in [-0.4, -0.2) is 24.5 Å². The number of hydroxylamine groups is 1. The van der Waals surface area contributed by atoms with E-state index in [1.165, 1.54) is 35.8 Å². The van der Waals surface area contributed by atoms with Gasteiger partial charge in [0.05, 0.1) is 9.92 Å². The van der Waals surface area contributed by atoms with Gasteiger partial charge in [0.1, 0.15) is 17.9 Å². The number of nitrogens with zero attached hydrogens (tertiary/aromatic N) is 1. The number of nitrogens with one attached hydrogen (secondary N) is 1. The molecule has 1 amide bonds. The summed E-state index contributed by atoms with van der Waals surface area (Å²) in [4.78, 5) is 15.4. The number of amides is 1. The van der Waals surface area contributed by atoms with Gasteiger partial charge in [0, 0.05) is 11.1 Å². The molecule has 2 aromatic carbocycles. The first kappa shape index (κ1) is 20.0. The van der Waals surface area contributed by atoms with Crippen LogP contribution in [0.4, 0.5) is 4.39 Å². The second-order valence-corrected chi connectivity index (χ2v) is 7.60. The Kier molecular flexibility index (Phi) is 5.47. The van der Waals surface area contributed by atoms with Gasteiger partial charge in [0.2, 0.25) is 15.9 Å². The molecule has 0 aliphatic rings. The molecule has 11 heteroatoms. The van der Waals surface area contributed by atoms with Crippen LogP contribution in [-0.2, 0) is 21.2 Å². The smallest absolute Gasteiger partial charge is 0.252 e. The maximum absolute atomic E-state index is 13.5. The summed E-state index contributed by atoms with van der Waals surface area (Å²) in [5, 5.41) is 13.8. The third-order valence-electron chi connectivity index (χ3n) is 3.74. The molecule has 0 fully saturated rings. The van der Waals surface area contributed by atoms with Crippen molar-refractivity contribution < 1.29 is 27.2 Å². The van der Waals surface area contributed by atoms with Crippen LogP contribution in [0.5, 0.6) is 0 Å². The molecule has 146 valence electrons. The van der Waals surface area contributed by atoms with Crippen molar-refractivity contribution >= 4 is 27.5 Å². The van der Waals surface area contributed by atoms with E-state index in [1.807, 2.05) is 0 Å². The molecule has 3 aromatic rings. The number of benzene rings is 2. The van der Waals surface area contributed by atoms with E-state index in [0.717, 1.165) is 6.07 Å². The van der Waals surface area contributed by atoms with E-state index in [2.05, 4.69) is 4.98 Å². The summed E-state index contributed by atoms with van der Waals surface area (Å²) >= 11 is 5.83. The minimum Gasteiger partial charge on any atom is -0.439 e. The molecule has 0 aliphatic carbocycles. The summed E-state index contributed by atoms with van der Waals surface area (Å²) in [6.45, 7) is 0. The molecule has 0 atom stereocenters. The number of rotatable bonds is 5. The van der Waals surface area contributed by atoms with Crippen LogP contribution in [0.3, 0.4) is 0 Å². The third kappa shape index (κ3) is 4.04. The van der Waals surface area contributed by atoms with Crippen LogP contribution >= 0.6 is 11.6 Å².